The molecule has 3 aromatic rings. The van der Waals surface area contributed by atoms with E-state index in [0.29, 0.717) is 34.5 Å². The minimum absolute atomic E-state index is 0.158. The van der Waals surface area contributed by atoms with Gasteiger partial charge in [0.2, 0.25) is 0 Å². The van der Waals surface area contributed by atoms with Gasteiger partial charge < -0.3 is 14.6 Å². The third kappa shape index (κ3) is 3.46. The molecule has 3 rings (SSSR count). The molecule has 9 heteroatoms. The van der Waals surface area contributed by atoms with Gasteiger partial charge in [0.15, 0.2) is 16.3 Å². The molecule has 2 aromatic heterocycles. The van der Waals surface area contributed by atoms with Gasteiger partial charge in [-0.05, 0) is 32.1 Å². The smallest absolute Gasteiger partial charge is 0.195 e. The number of benzene rings is 1. The van der Waals surface area contributed by atoms with Crippen LogP contribution in [0.15, 0.2) is 18.5 Å². The van der Waals surface area contributed by atoms with Crippen LogP contribution in [0.2, 0.25) is 0 Å². The van der Waals surface area contributed by atoms with E-state index in [1.807, 2.05) is 4.57 Å². The van der Waals surface area contributed by atoms with Gasteiger partial charge in [-0.3, -0.25) is 5.10 Å². The quantitative estimate of drug-likeness (QED) is 0.655. The average Bonchev–Trinajstić information content (AvgIpc) is 2.95. The maximum atomic E-state index is 13.8. The Kier molecular flexibility index (Phi) is 4.93. The number of hydrogen-bond acceptors (Lipinski definition) is 6. The van der Waals surface area contributed by atoms with Gasteiger partial charge in [-0.15, -0.1) is 0 Å². The number of aromatic nitrogens is 5. The number of anilines is 1. The van der Waals surface area contributed by atoms with E-state index in [-0.39, 0.29) is 11.8 Å². The molecule has 0 spiro atoms. The fourth-order valence-corrected chi connectivity index (χ4v) is 3.06. The van der Waals surface area contributed by atoms with Gasteiger partial charge in [0.1, 0.15) is 18.0 Å². The third-order valence-electron chi connectivity index (χ3n) is 3.84. The molecule has 0 bridgehead atoms. The van der Waals surface area contributed by atoms with Crippen molar-refractivity contribution >= 4 is 28.9 Å². The van der Waals surface area contributed by atoms with E-state index in [1.54, 1.807) is 6.07 Å². The highest BCUT2D eigenvalue weighted by atomic mass is 32.1. The van der Waals surface area contributed by atoms with Crippen LogP contribution >= 0.6 is 12.2 Å². The molecule has 0 aliphatic rings. The van der Waals surface area contributed by atoms with Gasteiger partial charge >= 0.3 is 0 Å². The van der Waals surface area contributed by atoms with Gasteiger partial charge in [-0.25, -0.2) is 14.4 Å². The molecule has 1 aromatic carbocycles. The van der Waals surface area contributed by atoms with Crippen LogP contribution in [-0.2, 0) is 6.42 Å². The summed E-state index contributed by atoms with van der Waals surface area (Å²) >= 11 is 5.25. The molecular formula is C16H19FN6OS. The van der Waals surface area contributed by atoms with Crippen LogP contribution in [0, 0.1) is 10.6 Å². The van der Waals surface area contributed by atoms with Crippen LogP contribution in [0.3, 0.4) is 0 Å². The molecule has 0 saturated carbocycles. The number of hydrogen-bond donors (Lipinski definition) is 2. The van der Waals surface area contributed by atoms with Crippen LogP contribution in [-0.4, -0.2) is 38.4 Å². The van der Waals surface area contributed by atoms with Crippen molar-refractivity contribution in [1.82, 2.24) is 24.7 Å². The number of methoxy groups -OCH3 is 1. The molecule has 25 heavy (non-hydrogen) atoms. The molecule has 2 N–H and O–H groups in total. The zero-order valence-electron chi connectivity index (χ0n) is 14.2. The Morgan fingerprint density at radius 3 is 2.88 bits per heavy atom. The van der Waals surface area contributed by atoms with Gasteiger partial charge in [-0.2, -0.15) is 5.10 Å². The first-order chi connectivity index (χ1) is 12.0. The van der Waals surface area contributed by atoms with Crippen LogP contribution in [0.1, 0.15) is 25.7 Å². The fraction of sp³-hybridized carbons (Fsp3) is 0.375. The second-order valence-corrected chi connectivity index (χ2v) is 6.20. The number of fused-ring (bicyclic) bond motifs is 1. The minimum atomic E-state index is -0.452. The molecule has 0 fully saturated rings. The summed E-state index contributed by atoms with van der Waals surface area (Å²) in [6.07, 6.45) is 2.07. The van der Waals surface area contributed by atoms with Crippen molar-refractivity contribution < 1.29 is 9.13 Å². The number of nitrogens with zero attached hydrogens (tertiary/aromatic N) is 4. The lowest BCUT2D eigenvalue weighted by atomic mass is 10.2. The summed E-state index contributed by atoms with van der Waals surface area (Å²) < 4.78 is 21.4. The number of nitrogens with one attached hydrogen (secondary N) is 2. The maximum absolute atomic E-state index is 13.8. The number of aromatic amines is 1. The van der Waals surface area contributed by atoms with Gasteiger partial charge in [0.05, 0.1) is 12.6 Å². The lowest BCUT2D eigenvalue weighted by Crippen LogP contribution is -2.13. The van der Waals surface area contributed by atoms with E-state index in [0.717, 1.165) is 5.82 Å². The first-order valence-electron chi connectivity index (χ1n) is 7.89. The summed E-state index contributed by atoms with van der Waals surface area (Å²) in [6, 6.07) is 3.16. The lowest BCUT2D eigenvalue weighted by molar-refractivity contribution is 0.387. The van der Waals surface area contributed by atoms with Crippen molar-refractivity contribution in [1.29, 1.82) is 0 Å². The topological polar surface area (TPSA) is 80.6 Å². The molecule has 132 valence electrons. The van der Waals surface area contributed by atoms with Crippen LogP contribution in [0.4, 0.5) is 10.2 Å². The predicted octanol–water partition coefficient (Wildman–Crippen LogP) is 3.27. The summed E-state index contributed by atoms with van der Waals surface area (Å²) in [6.45, 7) is 4.71. The summed E-state index contributed by atoms with van der Waals surface area (Å²) in [5.41, 5.74) is 0.514. The summed E-state index contributed by atoms with van der Waals surface area (Å²) in [5.74, 6) is 1.20. The molecule has 7 nitrogen and oxygen atoms in total. The van der Waals surface area contributed by atoms with Crippen molar-refractivity contribution in [3.8, 4) is 5.75 Å². The molecule has 0 aliphatic heterocycles. The van der Waals surface area contributed by atoms with Gasteiger partial charge in [0, 0.05) is 30.5 Å². The second-order valence-electron chi connectivity index (χ2n) is 5.81. The van der Waals surface area contributed by atoms with Gasteiger partial charge in [0.25, 0.3) is 0 Å². The molecule has 0 atom stereocenters. The molecule has 2 heterocycles. The average molecular weight is 362 g/mol. The largest absolute Gasteiger partial charge is 0.494 e. The molecule has 0 amide bonds. The zero-order valence-corrected chi connectivity index (χ0v) is 15.0. The van der Waals surface area contributed by atoms with Crippen LogP contribution < -0.4 is 10.1 Å². The predicted molar refractivity (Wildman–Crippen MR) is 96.0 cm³/mol. The highest BCUT2D eigenvalue weighted by molar-refractivity contribution is 7.71. The number of H-pyrrole nitrogens is 1. The van der Waals surface area contributed by atoms with E-state index < -0.39 is 5.82 Å². The van der Waals surface area contributed by atoms with Crippen molar-refractivity contribution in [2.75, 3.05) is 19.0 Å². The molecule has 0 saturated heterocycles. The van der Waals surface area contributed by atoms with Crippen LogP contribution in [0.5, 0.6) is 5.75 Å². The Hall–Kier alpha value is -2.55. The second kappa shape index (κ2) is 7.14. The first kappa shape index (κ1) is 17.3. The van der Waals surface area contributed by atoms with E-state index in [1.165, 1.54) is 19.5 Å². The van der Waals surface area contributed by atoms with E-state index in [9.17, 15) is 4.39 Å². The standard InChI is InChI=1S/C16H19FN6OS/c1-9(2)23-14(21-22-16(23)25)4-5-18-15-10-6-13(24-3)11(17)7-12(10)19-8-20-15/h6-9H,4-5H2,1-3H3,(H,22,25)(H,18,19,20). The van der Waals surface area contributed by atoms with E-state index >= 15 is 0 Å². The maximum Gasteiger partial charge on any atom is 0.195 e. The Labute approximate surface area is 149 Å². The lowest BCUT2D eigenvalue weighted by Gasteiger charge is -2.12. The molecular weight excluding hydrogens is 343 g/mol. The Bertz CT molecular complexity index is 951. The molecule has 0 radical (unpaired) electrons. The minimum Gasteiger partial charge on any atom is -0.494 e. The zero-order chi connectivity index (χ0) is 18.0. The number of halogens is 1. The van der Waals surface area contributed by atoms with Crippen molar-refractivity contribution in [2.45, 2.75) is 26.3 Å². The molecule has 0 unspecified atom stereocenters. The molecule has 0 aliphatic carbocycles. The van der Waals surface area contributed by atoms with E-state index in [4.69, 9.17) is 17.0 Å². The number of ether oxygens (including phenoxy) is 1. The van der Waals surface area contributed by atoms with Crippen molar-refractivity contribution in [2.24, 2.45) is 0 Å². The fourth-order valence-electron chi connectivity index (χ4n) is 2.69. The Balaban J connectivity index is 1.81. The highest BCUT2D eigenvalue weighted by Gasteiger charge is 2.12. The third-order valence-corrected chi connectivity index (χ3v) is 4.13. The first-order valence-corrected chi connectivity index (χ1v) is 8.30. The van der Waals surface area contributed by atoms with Crippen molar-refractivity contribution in [3.63, 3.8) is 0 Å². The SMILES string of the molecule is COc1cc2c(NCCc3n[nH]c(=S)n3C(C)C)ncnc2cc1F. The van der Waals surface area contributed by atoms with Gasteiger partial charge in [-0.1, -0.05) is 0 Å². The number of rotatable bonds is 6. The Morgan fingerprint density at radius 1 is 1.36 bits per heavy atom. The normalized spacial score (nSPS) is 11.2. The van der Waals surface area contributed by atoms with Crippen molar-refractivity contribution in [3.05, 3.63) is 34.9 Å². The Morgan fingerprint density at radius 2 is 2.16 bits per heavy atom. The summed E-state index contributed by atoms with van der Waals surface area (Å²) in [7, 11) is 1.43. The van der Waals surface area contributed by atoms with E-state index in [2.05, 4.69) is 39.3 Å². The van der Waals surface area contributed by atoms with Crippen LogP contribution in [0.25, 0.3) is 10.9 Å². The summed E-state index contributed by atoms with van der Waals surface area (Å²) in [4.78, 5) is 8.35. The monoisotopic (exact) mass is 362 g/mol. The summed E-state index contributed by atoms with van der Waals surface area (Å²) in [5, 5.41) is 11.0. The highest BCUT2D eigenvalue weighted by Crippen LogP contribution is 2.27.